The first kappa shape index (κ1) is 26.8. The SMILES string of the molecule is CCC(N1CCc2cc(OC)c(OC)cc2CC1=O)N(C)C(C)Cc1cccc2ccccc12.Cl. The van der Waals surface area contributed by atoms with Crippen LogP contribution in [0.25, 0.3) is 10.8 Å². The van der Waals surface area contributed by atoms with E-state index in [4.69, 9.17) is 9.47 Å². The molecule has 0 saturated carbocycles. The standard InChI is InChI=1S/C29H36N2O3.ClH/c1-6-28(30(3)20(2)16-23-12-9-11-21-10-7-8-13-25(21)23)31-15-14-22-17-26(33-4)27(34-5)18-24(22)19-29(31)32;/h7-13,17-18,20,28H,6,14-16,19H2,1-5H3;1H. The molecule has 0 saturated heterocycles. The minimum Gasteiger partial charge on any atom is -0.493 e. The summed E-state index contributed by atoms with van der Waals surface area (Å²) in [7, 11) is 5.44. The summed E-state index contributed by atoms with van der Waals surface area (Å²) in [4.78, 5) is 17.9. The van der Waals surface area contributed by atoms with E-state index in [0.29, 0.717) is 18.7 Å². The highest BCUT2D eigenvalue weighted by Gasteiger charge is 2.31. The van der Waals surface area contributed by atoms with E-state index < -0.39 is 0 Å². The lowest BCUT2D eigenvalue weighted by Crippen LogP contribution is -2.53. The lowest BCUT2D eigenvalue weighted by Gasteiger charge is -2.40. The highest BCUT2D eigenvalue weighted by atomic mass is 35.5. The highest BCUT2D eigenvalue weighted by molar-refractivity contribution is 5.86. The Labute approximate surface area is 215 Å². The first-order chi connectivity index (χ1) is 16.5. The summed E-state index contributed by atoms with van der Waals surface area (Å²) in [5.41, 5.74) is 3.54. The second-order valence-electron chi connectivity index (χ2n) is 9.24. The summed E-state index contributed by atoms with van der Waals surface area (Å²) in [6.45, 7) is 5.13. The molecule has 1 aliphatic heterocycles. The lowest BCUT2D eigenvalue weighted by atomic mass is 9.98. The van der Waals surface area contributed by atoms with E-state index in [1.807, 2.05) is 12.1 Å². The maximum atomic E-state index is 13.4. The van der Waals surface area contributed by atoms with E-state index in [1.54, 1.807) is 14.2 Å². The van der Waals surface area contributed by atoms with Crippen LogP contribution in [0.1, 0.15) is 37.0 Å². The number of rotatable bonds is 8. The largest absolute Gasteiger partial charge is 0.493 e. The number of benzene rings is 3. The van der Waals surface area contributed by atoms with Gasteiger partial charge in [-0.05, 0) is 72.8 Å². The van der Waals surface area contributed by atoms with Crippen molar-refractivity contribution in [3.05, 3.63) is 71.3 Å². The second-order valence-corrected chi connectivity index (χ2v) is 9.24. The van der Waals surface area contributed by atoms with Gasteiger partial charge in [0, 0.05) is 12.6 Å². The van der Waals surface area contributed by atoms with E-state index in [1.165, 1.54) is 16.3 Å². The van der Waals surface area contributed by atoms with Crippen LogP contribution in [0.5, 0.6) is 11.5 Å². The Bertz CT molecular complexity index is 1160. The van der Waals surface area contributed by atoms with Gasteiger partial charge >= 0.3 is 0 Å². The summed E-state index contributed by atoms with van der Waals surface area (Å²) in [5, 5.41) is 2.58. The molecule has 5 nitrogen and oxygen atoms in total. The molecular formula is C29H37ClN2O3. The fraction of sp³-hybridized carbons (Fsp3) is 0.414. The minimum absolute atomic E-state index is 0. The van der Waals surface area contributed by atoms with Gasteiger partial charge in [-0.1, -0.05) is 49.4 Å². The van der Waals surface area contributed by atoms with Crippen LogP contribution in [0.4, 0.5) is 0 Å². The second kappa shape index (κ2) is 11.8. The molecule has 1 aliphatic rings. The van der Waals surface area contributed by atoms with Gasteiger partial charge in [-0.25, -0.2) is 0 Å². The molecule has 4 rings (SSSR count). The first-order valence-electron chi connectivity index (χ1n) is 12.2. The van der Waals surface area contributed by atoms with E-state index in [-0.39, 0.29) is 30.5 Å². The van der Waals surface area contributed by atoms with Crippen molar-refractivity contribution < 1.29 is 14.3 Å². The predicted octanol–water partition coefficient (Wildman–Crippen LogP) is 5.51. The van der Waals surface area contributed by atoms with Crippen LogP contribution in [0.2, 0.25) is 0 Å². The number of fused-ring (bicyclic) bond motifs is 2. The molecule has 1 heterocycles. The van der Waals surface area contributed by atoms with Crippen LogP contribution in [-0.2, 0) is 24.1 Å². The molecule has 0 aliphatic carbocycles. The molecule has 188 valence electrons. The maximum Gasteiger partial charge on any atom is 0.228 e. The van der Waals surface area contributed by atoms with Crippen molar-refractivity contribution in [3.63, 3.8) is 0 Å². The number of ether oxygens (including phenoxy) is 2. The average Bonchev–Trinajstić information content (AvgIpc) is 3.01. The number of carbonyl (C=O) groups excluding carboxylic acids is 1. The summed E-state index contributed by atoms with van der Waals surface area (Å²) in [6, 6.07) is 19.4. The van der Waals surface area contributed by atoms with Crippen molar-refractivity contribution in [1.29, 1.82) is 0 Å². The lowest BCUT2D eigenvalue weighted by molar-refractivity contribution is -0.137. The summed E-state index contributed by atoms with van der Waals surface area (Å²) < 4.78 is 11.0. The van der Waals surface area contributed by atoms with Gasteiger partial charge in [0.15, 0.2) is 11.5 Å². The van der Waals surface area contributed by atoms with Crippen LogP contribution in [0.3, 0.4) is 0 Å². The van der Waals surface area contributed by atoms with E-state index in [2.05, 4.69) is 73.2 Å². The Morgan fingerprint density at radius 3 is 2.34 bits per heavy atom. The van der Waals surface area contributed by atoms with Crippen molar-refractivity contribution >= 4 is 29.1 Å². The minimum atomic E-state index is 0. The Morgan fingerprint density at radius 1 is 1.00 bits per heavy atom. The third-order valence-electron chi connectivity index (χ3n) is 7.28. The van der Waals surface area contributed by atoms with Gasteiger partial charge in [0.25, 0.3) is 0 Å². The Kier molecular flexibility index (Phi) is 9.03. The third kappa shape index (κ3) is 5.57. The predicted molar refractivity (Wildman–Crippen MR) is 145 cm³/mol. The molecule has 0 radical (unpaired) electrons. The van der Waals surface area contributed by atoms with E-state index >= 15 is 0 Å². The monoisotopic (exact) mass is 496 g/mol. The van der Waals surface area contributed by atoms with E-state index in [9.17, 15) is 4.79 Å². The van der Waals surface area contributed by atoms with Crippen molar-refractivity contribution in [1.82, 2.24) is 9.80 Å². The third-order valence-corrected chi connectivity index (χ3v) is 7.28. The molecule has 3 aromatic carbocycles. The summed E-state index contributed by atoms with van der Waals surface area (Å²) in [5.74, 6) is 1.56. The molecule has 3 aromatic rings. The van der Waals surface area contributed by atoms with Gasteiger partial charge in [0.2, 0.25) is 5.91 Å². The topological polar surface area (TPSA) is 42.0 Å². The molecular weight excluding hydrogens is 460 g/mol. The van der Waals surface area contributed by atoms with Crippen LogP contribution < -0.4 is 9.47 Å². The molecule has 2 unspecified atom stereocenters. The molecule has 0 fully saturated rings. The molecule has 0 spiro atoms. The Hall–Kier alpha value is -2.76. The number of likely N-dealkylation sites (N-methyl/N-ethyl adjacent to an activating group) is 1. The van der Waals surface area contributed by atoms with Crippen molar-refractivity contribution in [2.24, 2.45) is 0 Å². The highest BCUT2D eigenvalue weighted by Crippen LogP contribution is 2.33. The van der Waals surface area contributed by atoms with Gasteiger partial charge < -0.3 is 14.4 Å². The summed E-state index contributed by atoms with van der Waals surface area (Å²) >= 11 is 0. The number of methoxy groups -OCH3 is 2. The fourth-order valence-corrected chi connectivity index (χ4v) is 5.26. The molecule has 1 amide bonds. The van der Waals surface area contributed by atoms with Crippen molar-refractivity contribution in [2.75, 3.05) is 27.8 Å². The Balaban J connectivity index is 0.00000342. The quantitative estimate of drug-likeness (QED) is 0.412. The zero-order chi connectivity index (χ0) is 24.2. The van der Waals surface area contributed by atoms with Gasteiger partial charge in [-0.3, -0.25) is 9.69 Å². The van der Waals surface area contributed by atoms with Gasteiger partial charge in [0.05, 0.1) is 26.8 Å². The number of halogens is 1. The van der Waals surface area contributed by atoms with Gasteiger partial charge in [-0.15, -0.1) is 12.4 Å². The molecule has 0 bridgehead atoms. The van der Waals surface area contributed by atoms with Crippen molar-refractivity contribution in [2.45, 2.75) is 51.7 Å². The number of hydrogen-bond donors (Lipinski definition) is 0. The normalized spacial score (nSPS) is 15.3. The number of nitrogens with zero attached hydrogens (tertiary/aromatic N) is 2. The first-order valence-corrected chi connectivity index (χ1v) is 12.2. The van der Waals surface area contributed by atoms with Crippen LogP contribution >= 0.6 is 12.4 Å². The van der Waals surface area contributed by atoms with Crippen LogP contribution in [0.15, 0.2) is 54.6 Å². The molecule has 6 heteroatoms. The van der Waals surface area contributed by atoms with Crippen LogP contribution in [-0.4, -0.2) is 55.7 Å². The Morgan fingerprint density at radius 2 is 1.66 bits per heavy atom. The molecule has 0 N–H and O–H groups in total. The van der Waals surface area contributed by atoms with Crippen molar-refractivity contribution in [3.8, 4) is 11.5 Å². The summed E-state index contributed by atoms with van der Waals surface area (Å²) in [6.07, 6.45) is 3.06. The van der Waals surface area contributed by atoms with Gasteiger partial charge in [-0.2, -0.15) is 0 Å². The van der Waals surface area contributed by atoms with E-state index in [0.717, 1.165) is 36.1 Å². The number of hydrogen-bond acceptors (Lipinski definition) is 4. The zero-order valence-corrected chi connectivity index (χ0v) is 22.2. The average molecular weight is 497 g/mol. The van der Waals surface area contributed by atoms with Gasteiger partial charge in [0.1, 0.15) is 0 Å². The fourth-order valence-electron chi connectivity index (χ4n) is 5.26. The smallest absolute Gasteiger partial charge is 0.228 e. The number of amides is 1. The maximum absolute atomic E-state index is 13.4. The zero-order valence-electron chi connectivity index (χ0n) is 21.4. The molecule has 35 heavy (non-hydrogen) atoms. The van der Waals surface area contributed by atoms with Crippen LogP contribution in [0, 0.1) is 0 Å². The number of carbonyl (C=O) groups is 1. The molecule has 0 aromatic heterocycles. The molecule has 2 atom stereocenters.